The van der Waals surface area contributed by atoms with E-state index in [-0.39, 0.29) is 19.0 Å². The molecule has 0 aromatic heterocycles. The van der Waals surface area contributed by atoms with Crippen molar-refractivity contribution in [2.45, 2.75) is 32.1 Å². The van der Waals surface area contributed by atoms with Gasteiger partial charge >= 0.3 is 0 Å². The number of nitrogens with one attached hydrogen (secondary N) is 1. The summed E-state index contributed by atoms with van der Waals surface area (Å²) in [6.07, 6.45) is 4.64. The molecule has 0 saturated heterocycles. The Kier molecular flexibility index (Phi) is 5.97. The van der Waals surface area contributed by atoms with Crippen molar-refractivity contribution in [3.8, 4) is 12.3 Å². The highest BCUT2D eigenvalue weighted by molar-refractivity contribution is 5.16. The molecule has 1 aromatic carbocycles. The van der Waals surface area contributed by atoms with Crippen molar-refractivity contribution in [3.05, 3.63) is 35.6 Å². The van der Waals surface area contributed by atoms with E-state index in [0.717, 1.165) is 0 Å². The van der Waals surface area contributed by atoms with E-state index in [9.17, 15) is 9.50 Å². The summed E-state index contributed by atoms with van der Waals surface area (Å²) in [5, 5.41) is 12.7. The van der Waals surface area contributed by atoms with Gasteiger partial charge in [-0.2, -0.15) is 0 Å². The summed E-state index contributed by atoms with van der Waals surface area (Å²) in [5.41, 5.74) is 0.0126. The number of hydrogen-bond donors (Lipinski definition) is 2. The number of terminal acetylenes is 1. The summed E-state index contributed by atoms with van der Waals surface area (Å²) in [6.45, 7) is 4.29. The van der Waals surface area contributed by atoms with E-state index < -0.39 is 11.6 Å². The zero-order chi connectivity index (χ0) is 14.3. The summed E-state index contributed by atoms with van der Waals surface area (Å²) >= 11 is 0. The van der Waals surface area contributed by atoms with E-state index in [0.29, 0.717) is 12.1 Å². The van der Waals surface area contributed by atoms with Gasteiger partial charge in [0.05, 0.1) is 24.9 Å². The Labute approximate surface area is 113 Å². The number of aliphatic hydroxyl groups is 1. The van der Waals surface area contributed by atoms with E-state index in [1.807, 2.05) is 13.8 Å². The summed E-state index contributed by atoms with van der Waals surface area (Å²) < 4.78 is 18.6. The van der Waals surface area contributed by atoms with Gasteiger partial charge in [0.2, 0.25) is 0 Å². The van der Waals surface area contributed by atoms with Gasteiger partial charge in [0.25, 0.3) is 0 Å². The average Bonchev–Trinajstić information content (AvgIpc) is 2.39. The van der Waals surface area contributed by atoms with Crippen LogP contribution in [0.15, 0.2) is 24.3 Å². The van der Waals surface area contributed by atoms with Crippen molar-refractivity contribution >= 4 is 0 Å². The highest BCUT2D eigenvalue weighted by Crippen LogP contribution is 2.07. The van der Waals surface area contributed by atoms with Gasteiger partial charge < -0.3 is 9.84 Å². The van der Waals surface area contributed by atoms with Crippen LogP contribution in [0.25, 0.3) is 0 Å². The maximum Gasteiger partial charge on any atom is 0.128 e. The third-order valence-electron chi connectivity index (χ3n) is 2.67. The maximum absolute atomic E-state index is 13.3. The molecule has 19 heavy (non-hydrogen) atoms. The smallest absolute Gasteiger partial charge is 0.128 e. The molecule has 104 valence electrons. The topological polar surface area (TPSA) is 41.5 Å². The lowest BCUT2D eigenvalue weighted by Gasteiger charge is -2.22. The maximum atomic E-state index is 13.3. The van der Waals surface area contributed by atoms with E-state index in [4.69, 9.17) is 11.2 Å². The average molecular weight is 265 g/mol. The van der Waals surface area contributed by atoms with Crippen LogP contribution >= 0.6 is 0 Å². The van der Waals surface area contributed by atoms with E-state index >= 15 is 0 Å². The predicted molar refractivity (Wildman–Crippen MR) is 73.0 cm³/mol. The first-order valence-electron chi connectivity index (χ1n) is 6.16. The van der Waals surface area contributed by atoms with Crippen LogP contribution in [0.1, 0.15) is 19.4 Å². The second-order valence-corrected chi connectivity index (χ2v) is 4.91. The fourth-order valence-electron chi connectivity index (χ4n) is 1.40. The summed E-state index contributed by atoms with van der Waals surface area (Å²) in [7, 11) is 0. The molecular formula is C15H20FNO2. The van der Waals surface area contributed by atoms with Crippen LogP contribution in [0.3, 0.4) is 0 Å². The molecule has 1 atom stereocenters. The molecule has 0 fully saturated rings. The molecule has 0 bridgehead atoms. The minimum absolute atomic E-state index is 0.127. The Morgan fingerprint density at radius 2 is 2.16 bits per heavy atom. The molecule has 0 aliphatic rings. The molecule has 0 heterocycles. The van der Waals surface area contributed by atoms with Gasteiger partial charge in [-0.15, -0.1) is 6.42 Å². The molecule has 1 unspecified atom stereocenters. The van der Waals surface area contributed by atoms with Crippen molar-refractivity contribution < 1.29 is 14.2 Å². The molecule has 1 aromatic rings. The van der Waals surface area contributed by atoms with Gasteiger partial charge in [-0.05, 0) is 19.9 Å². The third kappa shape index (κ3) is 5.84. The molecule has 2 N–H and O–H groups in total. The van der Waals surface area contributed by atoms with Gasteiger partial charge in [0.15, 0.2) is 0 Å². The van der Waals surface area contributed by atoms with Crippen molar-refractivity contribution in [2.75, 3.05) is 13.2 Å². The first-order valence-corrected chi connectivity index (χ1v) is 6.16. The monoisotopic (exact) mass is 265 g/mol. The van der Waals surface area contributed by atoms with Crippen LogP contribution in [-0.2, 0) is 11.3 Å². The van der Waals surface area contributed by atoms with E-state index in [2.05, 4.69) is 11.2 Å². The lowest BCUT2D eigenvalue weighted by Crippen LogP contribution is -2.43. The first kappa shape index (κ1) is 15.6. The Hall–Kier alpha value is -1.41. The van der Waals surface area contributed by atoms with Gasteiger partial charge in [-0.1, -0.05) is 24.1 Å². The molecule has 0 radical (unpaired) electrons. The Bertz CT molecular complexity index is 440. The molecule has 3 nitrogen and oxygen atoms in total. The number of ether oxygens (including phenoxy) is 1. The fourth-order valence-corrected chi connectivity index (χ4v) is 1.40. The lowest BCUT2D eigenvalue weighted by atomic mass is 10.1. The molecular weight excluding hydrogens is 245 g/mol. The van der Waals surface area contributed by atoms with Gasteiger partial charge in [-0.3, -0.25) is 5.32 Å². The Morgan fingerprint density at radius 3 is 2.79 bits per heavy atom. The number of rotatable bonds is 7. The number of aliphatic hydroxyl groups excluding tert-OH is 1. The van der Waals surface area contributed by atoms with Crippen LogP contribution in [0.2, 0.25) is 0 Å². The summed E-state index contributed by atoms with van der Waals surface area (Å²) in [4.78, 5) is 0. The van der Waals surface area contributed by atoms with Gasteiger partial charge in [-0.25, -0.2) is 4.39 Å². The molecule has 0 spiro atoms. The molecule has 1 rings (SSSR count). The van der Waals surface area contributed by atoms with E-state index in [1.54, 1.807) is 18.2 Å². The zero-order valence-electron chi connectivity index (χ0n) is 11.3. The van der Waals surface area contributed by atoms with Crippen LogP contribution < -0.4 is 5.32 Å². The quantitative estimate of drug-likeness (QED) is 0.737. The minimum atomic E-state index is -0.681. The number of β-amino-alcohol motifs (C(OH)–C–C–N with tert-alkyl or cyclic N) is 1. The minimum Gasteiger partial charge on any atom is -0.389 e. The Balaban J connectivity index is 2.27. The number of hydrogen-bond acceptors (Lipinski definition) is 3. The highest BCUT2D eigenvalue weighted by Gasteiger charge is 2.15. The molecule has 0 saturated carbocycles. The number of halogens is 1. The zero-order valence-corrected chi connectivity index (χ0v) is 11.3. The van der Waals surface area contributed by atoms with Crippen LogP contribution in [-0.4, -0.2) is 29.9 Å². The molecule has 0 aliphatic carbocycles. The van der Waals surface area contributed by atoms with Crippen LogP contribution in [0, 0.1) is 18.2 Å². The first-order chi connectivity index (χ1) is 8.94. The summed E-state index contributed by atoms with van der Waals surface area (Å²) in [5.74, 6) is 2.27. The van der Waals surface area contributed by atoms with Gasteiger partial charge in [0.1, 0.15) is 5.82 Å². The van der Waals surface area contributed by atoms with Crippen molar-refractivity contribution in [2.24, 2.45) is 0 Å². The van der Waals surface area contributed by atoms with Crippen molar-refractivity contribution in [3.63, 3.8) is 0 Å². The molecule has 4 heteroatoms. The highest BCUT2D eigenvalue weighted by atomic mass is 19.1. The normalized spacial score (nSPS) is 13.0. The second kappa shape index (κ2) is 7.25. The lowest BCUT2D eigenvalue weighted by molar-refractivity contribution is 0.0260. The van der Waals surface area contributed by atoms with Gasteiger partial charge in [0, 0.05) is 12.1 Å². The van der Waals surface area contributed by atoms with Crippen molar-refractivity contribution in [1.29, 1.82) is 0 Å². The standard InChI is InChI=1S/C15H20FNO2/c1-4-15(2,3)17-9-13(18)11-19-10-12-7-5-6-8-14(12)16/h1,5-8,13,17-18H,9-11H2,2-3H3. The van der Waals surface area contributed by atoms with Crippen LogP contribution in [0.5, 0.6) is 0 Å². The number of benzene rings is 1. The Morgan fingerprint density at radius 1 is 1.47 bits per heavy atom. The van der Waals surface area contributed by atoms with E-state index in [1.165, 1.54) is 6.07 Å². The molecule has 0 aliphatic heterocycles. The summed E-state index contributed by atoms with van der Waals surface area (Å²) in [6, 6.07) is 6.40. The fraction of sp³-hybridized carbons (Fsp3) is 0.467. The SMILES string of the molecule is C#CC(C)(C)NCC(O)COCc1ccccc1F. The predicted octanol–water partition coefficient (Wildman–Crippen LogP) is 1.70. The molecule has 0 amide bonds. The van der Waals surface area contributed by atoms with Crippen LogP contribution in [0.4, 0.5) is 4.39 Å². The van der Waals surface area contributed by atoms with Crippen molar-refractivity contribution in [1.82, 2.24) is 5.32 Å². The second-order valence-electron chi connectivity index (χ2n) is 4.91. The largest absolute Gasteiger partial charge is 0.389 e. The third-order valence-corrected chi connectivity index (χ3v) is 2.67.